The van der Waals surface area contributed by atoms with E-state index in [0.717, 1.165) is 6.42 Å². The second kappa shape index (κ2) is 5.88. The fraction of sp³-hybridized carbons (Fsp3) is 0.600. The minimum absolute atomic E-state index is 0.254. The zero-order valence-electron chi connectivity index (χ0n) is 9.00. The number of anilines is 1. The van der Waals surface area contributed by atoms with Gasteiger partial charge in [0.2, 0.25) is 0 Å². The average molecular weight is 230 g/mol. The summed E-state index contributed by atoms with van der Waals surface area (Å²) in [5.41, 5.74) is 0. The lowest BCUT2D eigenvalue weighted by molar-refractivity contribution is 0.164. The molecular formula is C10H16ClN3O. The van der Waals surface area contributed by atoms with Crippen LogP contribution in [-0.2, 0) is 0 Å². The molecule has 1 atom stereocenters. The number of aromatic nitrogens is 2. The number of nitrogens with one attached hydrogen (secondary N) is 1. The molecule has 0 aromatic carbocycles. The number of rotatable bonds is 5. The molecule has 0 saturated carbocycles. The van der Waals surface area contributed by atoms with E-state index < -0.39 is 0 Å². The third kappa shape index (κ3) is 4.44. The quantitative estimate of drug-likeness (QED) is 0.759. The van der Waals surface area contributed by atoms with Crippen molar-refractivity contribution in [3.63, 3.8) is 0 Å². The van der Waals surface area contributed by atoms with Crippen molar-refractivity contribution in [1.29, 1.82) is 0 Å². The van der Waals surface area contributed by atoms with Gasteiger partial charge in [-0.15, -0.1) is 0 Å². The Morgan fingerprint density at radius 2 is 2.27 bits per heavy atom. The van der Waals surface area contributed by atoms with Crippen LogP contribution in [0.4, 0.5) is 5.82 Å². The Labute approximate surface area is 94.7 Å². The molecule has 1 unspecified atom stereocenters. The van der Waals surface area contributed by atoms with Gasteiger partial charge in [-0.05, 0) is 19.8 Å². The fourth-order valence-electron chi connectivity index (χ4n) is 1.19. The number of aliphatic hydroxyl groups excluding tert-OH is 1. The first kappa shape index (κ1) is 12.2. The third-order valence-corrected chi connectivity index (χ3v) is 2.26. The van der Waals surface area contributed by atoms with E-state index in [-0.39, 0.29) is 6.10 Å². The Kier molecular flexibility index (Phi) is 4.78. The molecule has 0 aliphatic heterocycles. The van der Waals surface area contributed by atoms with Crippen LogP contribution in [0.15, 0.2) is 6.07 Å². The predicted molar refractivity (Wildman–Crippen MR) is 61.2 cm³/mol. The monoisotopic (exact) mass is 229 g/mol. The molecule has 5 heteroatoms. The fourth-order valence-corrected chi connectivity index (χ4v) is 1.42. The van der Waals surface area contributed by atoms with Gasteiger partial charge < -0.3 is 10.4 Å². The van der Waals surface area contributed by atoms with Crippen LogP contribution in [0.5, 0.6) is 0 Å². The van der Waals surface area contributed by atoms with Crippen LogP contribution >= 0.6 is 11.6 Å². The van der Waals surface area contributed by atoms with Crippen LogP contribution in [0.2, 0.25) is 5.15 Å². The smallest absolute Gasteiger partial charge is 0.134 e. The maximum atomic E-state index is 9.35. The zero-order chi connectivity index (χ0) is 11.3. The number of nitrogens with zero attached hydrogens (tertiary/aromatic N) is 2. The van der Waals surface area contributed by atoms with Crippen LogP contribution in [0, 0.1) is 6.92 Å². The molecule has 15 heavy (non-hydrogen) atoms. The Morgan fingerprint density at radius 3 is 2.87 bits per heavy atom. The Hall–Kier alpha value is -0.870. The Bertz CT molecular complexity index is 299. The van der Waals surface area contributed by atoms with E-state index >= 15 is 0 Å². The molecule has 0 aliphatic rings. The van der Waals surface area contributed by atoms with E-state index in [1.54, 1.807) is 13.0 Å². The number of halogens is 1. The molecule has 0 fully saturated rings. The van der Waals surface area contributed by atoms with Gasteiger partial charge in [-0.1, -0.05) is 18.5 Å². The molecule has 0 spiro atoms. The lowest BCUT2D eigenvalue weighted by atomic mass is 10.2. The highest BCUT2D eigenvalue weighted by Crippen LogP contribution is 2.11. The third-order valence-electron chi connectivity index (χ3n) is 2.06. The van der Waals surface area contributed by atoms with Crippen LogP contribution < -0.4 is 5.32 Å². The molecule has 0 amide bonds. The van der Waals surface area contributed by atoms with E-state index in [2.05, 4.69) is 15.3 Å². The van der Waals surface area contributed by atoms with Crippen molar-refractivity contribution >= 4 is 17.4 Å². The lowest BCUT2D eigenvalue weighted by Crippen LogP contribution is -2.13. The molecule has 0 bridgehead atoms. The van der Waals surface area contributed by atoms with Gasteiger partial charge in [-0.2, -0.15) is 0 Å². The van der Waals surface area contributed by atoms with Crippen molar-refractivity contribution in [3.8, 4) is 0 Å². The molecule has 1 rings (SSSR count). The van der Waals surface area contributed by atoms with Crippen LogP contribution in [0.25, 0.3) is 0 Å². The second-order valence-corrected chi connectivity index (χ2v) is 3.79. The van der Waals surface area contributed by atoms with Gasteiger partial charge in [0.1, 0.15) is 16.8 Å². The molecule has 1 aromatic rings. The molecule has 84 valence electrons. The van der Waals surface area contributed by atoms with E-state index in [1.807, 2.05) is 6.92 Å². The summed E-state index contributed by atoms with van der Waals surface area (Å²) in [4.78, 5) is 8.13. The van der Waals surface area contributed by atoms with Crippen molar-refractivity contribution in [2.24, 2.45) is 0 Å². The molecule has 1 aromatic heterocycles. The van der Waals surface area contributed by atoms with Crippen molar-refractivity contribution in [1.82, 2.24) is 9.97 Å². The number of hydrogen-bond acceptors (Lipinski definition) is 4. The number of hydrogen-bond donors (Lipinski definition) is 2. The summed E-state index contributed by atoms with van der Waals surface area (Å²) in [5.74, 6) is 1.34. The highest BCUT2D eigenvalue weighted by Gasteiger charge is 2.02. The molecule has 0 radical (unpaired) electrons. The second-order valence-electron chi connectivity index (χ2n) is 3.40. The predicted octanol–water partition coefficient (Wildman–Crippen LogP) is 2.01. The van der Waals surface area contributed by atoms with Crippen molar-refractivity contribution < 1.29 is 5.11 Å². The molecule has 0 aliphatic carbocycles. The first-order chi connectivity index (χ1) is 7.11. The summed E-state index contributed by atoms with van der Waals surface area (Å²) in [6.07, 6.45) is 1.22. The Morgan fingerprint density at radius 1 is 1.53 bits per heavy atom. The topological polar surface area (TPSA) is 58.0 Å². The minimum atomic E-state index is -0.254. The highest BCUT2D eigenvalue weighted by molar-refractivity contribution is 6.29. The van der Waals surface area contributed by atoms with Crippen molar-refractivity contribution in [2.45, 2.75) is 32.8 Å². The summed E-state index contributed by atoms with van der Waals surface area (Å²) in [6, 6.07) is 1.67. The summed E-state index contributed by atoms with van der Waals surface area (Å²) in [7, 11) is 0. The zero-order valence-corrected chi connectivity index (χ0v) is 9.75. The van der Waals surface area contributed by atoms with E-state index in [9.17, 15) is 5.11 Å². The molecule has 4 nitrogen and oxygen atoms in total. The van der Waals surface area contributed by atoms with Crippen LogP contribution in [-0.4, -0.2) is 27.7 Å². The van der Waals surface area contributed by atoms with Gasteiger partial charge in [-0.25, -0.2) is 9.97 Å². The first-order valence-electron chi connectivity index (χ1n) is 5.05. The van der Waals surface area contributed by atoms with Gasteiger partial charge in [-0.3, -0.25) is 0 Å². The van der Waals surface area contributed by atoms with Crippen molar-refractivity contribution in [2.75, 3.05) is 11.9 Å². The molecule has 2 N–H and O–H groups in total. The maximum Gasteiger partial charge on any atom is 0.134 e. The van der Waals surface area contributed by atoms with Crippen LogP contribution in [0.3, 0.4) is 0 Å². The van der Waals surface area contributed by atoms with Gasteiger partial charge in [0.15, 0.2) is 0 Å². The van der Waals surface area contributed by atoms with Gasteiger partial charge in [0.05, 0.1) is 6.10 Å². The van der Waals surface area contributed by atoms with E-state index in [4.69, 9.17) is 11.6 Å². The number of aliphatic hydroxyl groups is 1. The Balaban J connectivity index is 2.43. The summed E-state index contributed by atoms with van der Waals surface area (Å²) in [6.45, 7) is 4.43. The molecule has 1 heterocycles. The lowest BCUT2D eigenvalue weighted by Gasteiger charge is -2.09. The SMILES string of the molecule is CCC(O)CCNc1cc(Cl)nc(C)n1. The average Bonchev–Trinajstić information content (AvgIpc) is 2.16. The highest BCUT2D eigenvalue weighted by atomic mass is 35.5. The summed E-state index contributed by atoms with van der Waals surface area (Å²) >= 11 is 5.78. The van der Waals surface area contributed by atoms with Gasteiger partial charge >= 0.3 is 0 Å². The van der Waals surface area contributed by atoms with Gasteiger partial charge in [0, 0.05) is 12.6 Å². The van der Waals surface area contributed by atoms with Gasteiger partial charge in [0.25, 0.3) is 0 Å². The largest absolute Gasteiger partial charge is 0.393 e. The van der Waals surface area contributed by atoms with Crippen molar-refractivity contribution in [3.05, 3.63) is 17.0 Å². The maximum absolute atomic E-state index is 9.35. The first-order valence-corrected chi connectivity index (χ1v) is 5.42. The standard InChI is InChI=1S/C10H16ClN3O/c1-3-8(15)4-5-12-10-6-9(11)13-7(2)14-10/h6,8,15H,3-5H2,1-2H3,(H,12,13,14). The van der Waals surface area contributed by atoms with Crippen LogP contribution in [0.1, 0.15) is 25.6 Å². The minimum Gasteiger partial charge on any atom is -0.393 e. The van der Waals surface area contributed by atoms with E-state index in [0.29, 0.717) is 29.8 Å². The number of aryl methyl sites for hydroxylation is 1. The summed E-state index contributed by atoms with van der Waals surface area (Å²) < 4.78 is 0. The summed E-state index contributed by atoms with van der Waals surface area (Å²) in [5, 5.41) is 12.9. The molecular weight excluding hydrogens is 214 g/mol. The molecule has 0 saturated heterocycles. The van der Waals surface area contributed by atoms with E-state index in [1.165, 1.54) is 0 Å². The normalized spacial score (nSPS) is 12.5.